The predicted molar refractivity (Wildman–Crippen MR) is 187 cm³/mol. The third-order valence-corrected chi connectivity index (χ3v) is 6.97. The fourth-order valence-corrected chi connectivity index (χ4v) is 4.68. The predicted octanol–water partition coefficient (Wildman–Crippen LogP) is 7.22. The normalized spacial score (nSPS) is 12.4. The van der Waals surface area contributed by atoms with Gasteiger partial charge in [0.1, 0.15) is 0 Å². The number of amidine groups is 2. The number of nitrogens with zero attached hydrogens (tertiary/aromatic N) is 6. The van der Waals surface area contributed by atoms with Gasteiger partial charge in [-0.2, -0.15) is 10.2 Å². The average Bonchev–Trinajstić information content (AvgIpc) is 3.74. The lowest BCUT2D eigenvalue weighted by Gasteiger charge is -2.06. The molecule has 0 unspecified atom stereocenters. The number of nitrogens with one attached hydrogen (secondary N) is 4. The van der Waals surface area contributed by atoms with E-state index in [9.17, 15) is 0 Å². The van der Waals surface area contributed by atoms with E-state index in [0.717, 1.165) is 44.6 Å². The zero-order valence-corrected chi connectivity index (χ0v) is 24.5. The second kappa shape index (κ2) is 13.3. The van der Waals surface area contributed by atoms with Crippen molar-refractivity contribution in [2.75, 3.05) is 10.6 Å². The molecule has 0 aliphatic heterocycles. The van der Waals surface area contributed by atoms with Gasteiger partial charge >= 0.3 is 0 Å². The number of benzene rings is 5. The van der Waals surface area contributed by atoms with Crippen LogP contribution < -0.4 is 10.6 Å². The third kappa shape index (κ3) is 6.76. The van der Waals surface area contributed by atoms with Crippen LogP contribution in [0.25, 0.3) is 22.1 Å². The van der Waals surface area contributed by atoms with Gasteiger partial charge in [-0.15, -0.1) is 10.2 Å². The molecule has 46 heavy (non-hydrogen) atoms. The van der Waals surface area contributed by atoms with Crippen molar-refractivity contribution in [2.24, 2.45) is 20.4 Å². The van der Waals surface area contributed by atoms with Crippen LogP contribution >= 0.6 is 0 Å². The van der Waals surface area contributed by atoms with Crippen LogP contribution in [0.15, 0.2) is 154 Å². The zero-order valence-electron chi connectivity index (χ0n) is 24.5. The van der Waals surface area contributed by atoms with Crippen LogP contribution in [0, 0.1) is 0 Å². The summed E-state index contributed by atoms with van der Waals surface area (Å²) in [4.78, 5) is 16.0. The summed E-state index contributed by atoms with van der Waals surface area (Å²) in [6, 6.07) is 43.1. The summed E-state index contributed by atoms with van der Waals surface area (Å²) in [6.45, 7) is 0. The molecule has 0 atom stereocenters. The van der Waals surface area contributed by atoms with Gasteiger partial charge in [0.15, 0.2) is 23.3 Å². The molecule has 0 saturated carbocycles. The molecule has 0 radical (unpaired) electrons. The van der Waals surface area contributed by atoms with E-state index < -0.39 is 0 Å². The molecule has 0 bridgehead atoms. The van der Waals surface area contributed by atoms with Crippen LogP contribution in [-0.2, 0) is 0 Å². The molecule has 0 saturated heterocycles. The van der Waals surface area contributed by atoms with Gasteiger partial charge in [0, 0.05) is 11.4 Å². The monoisotopic (exact) mass is 600 g/mol. The van der Waals surface area contributed by atoms with Crippen molar-refractivity contribution in [1.29, 1.82) is 0 Å². The number of hydrogen-bond donors (Lipinski definition) is 4. The zero-order chi connectivity index (χ0) is 31.0. The molecule has 0 amide bonds. The molecular weight excluding hydrogens is 572 g/mol. The van der Waals surface area contributed by atoms with Crippen molar-refractivity contribution in [2.45, 2.75) is 0 Å². The molecule has 5 aromatic carbocycles. The van der Waals surface area contributed by atoms with Crippen LogP contribution in [0.3, 0.4) is 0 Å². The molecular formula is C36H28N10. The maximum absolute atomic E-state index is 4.68. The van der Waals surface area contributed by atoms with E-state index in [0.29, 0.717) is 23.3 Å². The number of fused-ring (bicyclic) bond motifs is 2. The first-order valence-electron chi connectivity index (χ1n) is 14.6. The highest BCUT2D eigenvalue weighted by molar-refractivity contribution is 6.08. The second-order valence-corrected chi connectivity index (χ2v) is 10.2. The number of rotatable bonds is 8. The molecule has 0 spiro atoms. The van der Waals surface area contributed by atoms with Crippen LogP contribution in [0.4, 0.5) is 11.4 Å². The van der Waals surface area contributed by atoms with Crippen LogP contribution in [0.2, 0.25) is 0 Å². The van der Waals surface area contributed by atoms with Crippen LogP contribution in [0.1, 0.15) is 22.8 Å². The Morgan fingerprint density at radius 2 is 0.870 bits per heavy atom. The van der Waals surface area contributed by atoms with E-state index in [-0.39, 0.29) is 0 Å². The molecule has 2 heterocycles. The quantitative estimate of drug-likeness (QED) is 0.0833. The minimum Gasteiger partial charge on any atom is -0.336 e. The molecule has 7 rings (SSSR count). The molecule has 4 N–H and O–H groups in total. The Bertz CT molecular complexity index is 1970. The van der Waals surface area contributed by atoms with Gasteiger partial charge in [-0.05, 0) is 59.7 Å². The van der Waals surface area contributed by atoms with Crippen LogP contribution in [0.5, 0.6) is 0 Å². The molecule has 0 aliphatic carbocycles. The van der Waals surface area contributed by atoms with Gasteiger partial charge in [-0.1, -0.05) is 84.9 Å². The van der Waals surface area contributed by atoms with Crippen molar-refractivity contribution in [3.05, 3.63) is 156 Å². The fraction of sp³-hybridized carbons (Fsp3) is 0. The standard InChI is InChI=1S/C36H28N10/c1-3-11-27(12-4-1)39-35(33-41-29-15-7-8-16-30(29)42-33)45-37-23-25-19-21-26(22-20-25)24-38-46-36(40-28-13-5-2-6-14-28)34-43-31-17-9-10-18-32(31)44-34/h1-24H,(H,39,45)(H,40,46)(H,41,42)(H,43,44)/b37-23+,38-24+. The highest BCUT2D eigenvalue weighted by Crippen LogP contribution is 2.15. The maximum Gasteiger partial charge on any atom is 0.196 e. The van der Waals surface area contributed by atoms with Gasteiger partial charge in [0.25, 0.3) is 0 Å². The first-order chi connectivity index (χ1) is 22.8. The van der Waals surface area contributed by atoms with E-state index in [4.69, 9.17) is 0 Å². The Kier molecular flexibility index (Phi) is 8.13. The Balaban J connectivity index is 1.09. The number of imidazole rings is 2. The van der Waals surface area contributed by atoms with E-state index in [2.05, 4.69) is 51.0 Å². The number of anilines is 2. The summed E-state index contributed by atoms with van der Waals surface area (Å²) >= 11 is 0. The lowest BCUT2D eigenvalue weighted by Crippen LogP contribution is -2.15. The Morgan fingerprint density at radius 3 is 1.28 bits per heavy atom. The molecule has 0 aliphatic rings. The summed E-state index contributed by atoms with van der Waals surface area (Å²) in [7, 11) is 0. The molecule has 0 fully saturated rings. The number of para-hydroxylation sites is 6. The summed E-state index contributed by atoms with van der Waals surface area (Å²) in [6.07, 6.45) is 3.38. The van der Waals surface area contributed by atoms with Gasteiger partial charge in [-0.3, -0.25) is 0 Å². The molecule has 7 aromatic rings. The van der Waals surface area contributed by atoms with Crippen molar-refractivity contribution < 1.29 is 0 Å². The van der Waals surface area contributed by atoms with E-state index >= 15 is 0 Å². The van der Waals surface area contributed by atoms with Gasteiger partial charge in [-0.25, -0.2) is 9.97 Å². The summed E-state index contributed by atoms with van der Waals surface area (Å²) in [5, 5.41) is 24.3. The van der Waals surface area contributed by atoms with E-state index in [1.165, 1.54) is 0 Å². The molecule has 222 valence electrons. The van der Waals surface area contributed by atoms with Crippen molar-refractivity contribution in [3.63, 3.8) is 0 Å². The number of H-pyrrole nitrogens is 2. The lowest BCUT2D eigenvalue weighted by atomic mass is 10.2. The SMILES string of the molecule is C(=N\N=C(/Nc1ccccc1)c1nc2ccccc2[nH]1)/c1ccc(/C=N/N=C(\Nc2ccccc2)c2nc3ccccc3[nH]2)cc1. The van der Waals surface area contributed by atoms with Crippen molar-refractivity contribution >= 4 is 57.5 Å². The fourth-order valence-electron chi connectivity index (χ4n) is 4.68. The minimum atomic E-state index is 0.504. The number of aromatic nitrogens is 4. The Morgan fingerprint density at radius 1 is 0.478 bits per heavy atom. The highest BCUT2D eigenvalue weighted by atomic mass is 15.3. The highest BCUT2D eigenvalue weighted by Gasteiger charge is 2.11. The van der Waals surface area contributed by atoms with Crippen LogP contribution in [-0.4, -0.2) is 44.0 Å². The smallest absolute Gasteiger partial charge is 0.196 e. The summed E-state index contributed by atoms with van der Waals surface area (Å²) in [5.74, 6) is 2.20. The first kappa shape index (κ1) is 28.1. The first-order valence-corrected chi connectivity index (χ1v) is 14.6. The topological polar surface area (TPSA) is 131 Å². The Labute approximate surface area is 264 Å². The maximum atomic E-state index is 4.68. The Hall–Kier alpha value is -6.68. The van der Waals surface area contributed by atoms with Crippen molar-refractivity contribution in [1.82, 2.24) is 19.9 Å². The van der Waals surface area contributed by atoms with Crippen molar-refractivity contribution in [3.8, 4) is 0 Å². The molecule has 10 nitrogen and oxygen atoms in total. The van der Waals surface area contributed by atoms with E-state index in [1.54, 1.807) is 12.4 Å². The lowest BCUT2D eigenvalue weighted by molar-refractivity contribution is 1.19. The van der Waals surface area contributed by atoms with Gasteiger partial charge < -0.3 is 20.6 Å². The van der Waals surface area contributed by atoms with Gasteiger partial charge in [0.05, 0.1) is 34.5 Å². The largest absolute Gasteiger partial charge is 0.336 e. The number of hydrogen-bond acceptors (Lipinski definition) is 6. The summed E-state index contributed by atoms with van der Waals surface area (Å²) < 4.78 is 0. The molecule has 10 heteroatoms. The van der Waals surface area contributed by atoms with Gasteiger partial charge in [0.2, 0.25) is 0 Å². The molecule has 2 aromatic heterocycles. The second-order valence-electron chi connectivity index (χ2n) is 10.2. The third-order valence-electron chi connectivity index (χ3n) is 6.97. The summed E-state index contributed by atoms with van der Waals surface area (Å²) in [5.41, 5.74) is 7.06. The number of aromatic amines is 2. The average molecular weight is 601 g/mol. The van der Waals surface area contributed by atoms with E-state index in [1.807, 2.05) is 133 Å². The minimum absolute atomic E-state index is 0.504.